The molecule has 0 fully saturated rings. The number of hydrogen-bond acceptors (Lipinski definition) is 2. The van der Waals surface area contributed by atoms with Gasteiger partial charge in [-0.05, 0) is 83.3 Å². The van der Waals surface area contributed by atoms with Gasteiger partial charge in [-0.25, -0.2) is 17.6 Å². The Balaban J connectivity index is 1.30. The Kier molecular flexibility index (Phi) is 8.42. The predicted molar refractivity (Wildman–Crippen MR) is 168 cm³/mol. The van der Waals surface area contributed by atoms with Crippen molar-refractivity contribution in [1.29, 1.82) is 0 Å². The van der Waals surface area contributed by atoms with Crippen molar-refractivity contribution in [3.05, 3.63) is 125 Å². The third kappa shape index (κ3) is 5.69. The summed E-state index contributed by atoms with van der Waals surface area (Å²) in [7, 11) is 0. The van der Waals surface area contributed by atoms with Crippen molar-refractivity contribution in [2.45, 2.75) is 46.0 Å². The highest BCUT2D eigenvalue weighted by Crippen LogP contribution is 2.39. The minimum atomic E-state index is -1.28. The van der Waals surface area contributed by atoms with Crippen LogP contribution < -0.4 is 4.74 Å². The van der Waals surface area contributed by atoms with Crippen LogP contribution in [-0.2, 0) is 19.3 Å². The van der Waals surface area contributed by atoms with Gasteiger partial charge in [0.1, 0.15) is 16.9 Å². The molecule has 6 heteroatoms. The van der Waals surface area contributed by atoms with E-state index in [0.717, 1.165) is 41.7 Å². The van der Waals surface area contributed by atoms with Crippen LogP contribution in [0.4, 0.5) is 17.6 Å². The van der Waals surface area contributed by atoms with Crippen molar-refractivity contribution < 1.29 is 26.7 Å². The number of furan rings is 1. The molecule has 0 saturated carbocycles. The molecule has 0 aliphatic rings. The minimum Gasteiger partial charge on any atom is -0.494 e. The summed E-state index contributed by atoms with van der Waals surface area (Å²) < 4.78 is 73.0. The van der Waals surface area contributed by atoms with Gasteiger partial charge in [-0.15, -0.1) is 0 Å². The lowest BCUT2D eigenvalue weighted by Crippen LogP contribution is -1.99. The summed E-state index contributed by atoms with van der Waals surface area (Å²) in [4.78, 5) is 0. The van der Waals surface area contributed by atoms with Crippen LogP contribution in [0.5, 0.6) is 5.75 Å². The van der Waals surface area contributed by atoms with Crippen LogP contribution in [0.2, 0.25) is 0 Å². The molecule has 0 unspecified atom stereocenters. The molecule has 0 amide bonds. The van der Waals surface area contributed by atoms with Crippen LogP contribution in [0.3, 0.4) is 0 Å². The van der Waals surface area contributed by atoms with Gasteiger partial charge in [0.15, 0.2) is 23.3 Å². The van der Waals surface area contributed by atoms with Crippen LogP contribution in [0.1, 0.15) is 43.4 Å². The standard InChI is InChI=1S/C38H32F4O2/c1-3-5-23-6-8-24(9-7-23)10-11-28-21-31-33(37(41)35(28)39)34-32(44-31)22-30(36(40)38(34)42)27-14-12-25(13-15-27)26-16-18-29(19-17-26)43-20-4-2/h6-9,12-19,21-22H,3-5,10-11,20H2,1-2H3. The first-order chi connectivity index (χ1) is 21.4. The first-order valence-electron chi connectivity index (χ1n) is 15.0. The van der Waals surface area contributed by atoms with Crippen molar-refractivity contribution in [3.63, 3.8) is 0 Å². The summed E-state index contributed by atoms with van der Waals surface area (Å²) in [5.41, 5.74) is 4.50. The van der Waals surface area contributed by atoms with Crippen LogP contribution in [-0.4, -0.2) is 6.61 Å². The minimum absolute atomic E-state index is 0.0237. The second-order valence-electron chi connectivity index (χ2n) is 11.1. The van der Waals surface area contributed by atoms with E-state index in [4.69, 9.17) is 9.15 Å². The monoisotopic (exact) mass is 596 g/mol. The van der Waals surface area contributed by atoms with Gasteiger partial charge in [-0.3, -0.25) is 0 Å². The zero-order valence-electron chi connectivity index (χ0n) is 24.7. The van der Waals surface area contributed by atoms with E-state index >= 15 is 17.6 Å². The zero-order valence-corrected chi connectivity index (χ0v) is 24.7. The SMILES string of the molecule is CCCOc1ccc(-c2ccc(-c3cc4oc5cc(CCc6ccc(CCC)cc6)c(F)c(F)c5c4c(F)c3F)cc2)cc1. The molecular weight excluding hydrogens is 564 g/mol. The summed E-state index contributed by atoms with van der Waals surface area (Å²) in [6.45, 7) is 4.80. The first-order valence-corrected chi connectivity index (χ1v) is 15.0. The number of fused-ring (bicyclic) bond motifs is 3. The highest BCUT2D eigenvalue weighted by molar-refractivity contribution is 6.07. The van der Waals surface area contributed by atoms with Crippen molar-refractivity contribution >= 4 is 21.9 Å². The molecule has 44 heavy (non-hydrogen) atoms. The quantitative estimate of drug-likeness (QED) is 0.147. The number of aryl methyl sites for hydroxylation is 3. The van der Waals surface area contributed by atoms with Gasteiger partial charge in [0.2, 0.25) is 0 Å². The van der Waals surface area contributed by atoms with Crippen molar-refractivity contribution in [2.75, 3.05) is 6.61 Å². The number of halogens is 4. The second kappa shape index (κ2) is 12.6. The summed E-state index contributed by atoms with van der Waals surface area (Å²) >= 11 is 0. The van der Waals surface area contributed by atoms with Crippen molar-refractivity contribution in [2.24, 2.45) is 0 Å². The Morgan fingerprint density at radius 2 is 1.09 bits per heavy atom. The Labute approximate surface area is 253 Å². The lowest BCUT2D eigenvalue weighted by atomic mass is 9.98. The average molecular weight is 597 g/mol. The summed E-state index contributed by atoms with van der Waals surface area (Å²) in [6, 6.07) is 25.5. The van der Waals surface area contributed by atoms with Gasteiger partial charge < -0.3 is 9.15 Å². The molecule has 0 N–H and O–H groups in total. The van der Waals surface area contributed by atoms with Gasteiger partial charge in [-0.2, -0.15) is 0 Å². The van der Waals surface area contributed by atoms with Gasteiger partial charge >= 0.3 is 0 Å². The highest BCUT2D eigenvalue weighted by Gasteiger charge is 2.25. The molecule has 5 aromatic carbocycles. The fraction of sp³-hybridized carbons (Fsp3) is 0.211. The summed E-state index contributed by atoms with van der Waals surface area (Å²) in [6.07, 6.45) is 3.67. The number of ether oxygens (including phenoxy) is 1. The molecule has 224 valence electrons. The number of rotatable bonds is 10. The van der Waals surface area contributed by atoms with Crippen molar-refractivity contribution in [1.82, 2.24) is 0 Å². The Morgan fingerprint density at radius 1 is 0.545 bits per heavy atom. The maximum atomic E-state index is 15.5. The topological polar surface area (TPSA) is 22.4 Å². The lowest BCUT2D eigenvalue weighted by molar-refractivity contribution is 0.317. The zero-order chi connectivity index (χ0) is 30.8. The molecule has 1 heterocycles. The van der Waals surface area contributed by atoms with E-state index < -0.39 is 34.0 Å². The normalized spacial score (nSPS) is 11.5. The molecule has 0 aliphatic heterocycles. The van der Waals surface area contributed by atoms with Crippen LogP contribution in [0.25, 0.3) is 44.2 Å². The van der Waals surface area contributed by atoms with E-state index in [-0.39, 0.29) is 28.7 Å². The summed E-state index contributed by atoms with van der Waals surface area (Å²) in [5, 5.41) is -0.799. The molecule has 0 radical (unpaired) electrons. The van der Waals surface area contributed by atoms with Gasteiger partial charge in [-0.1, -0.05) is 80.9 Å². The fourth-order valence-electron chi connectivity index (χ4n) is 5.64. The first kappa shape index (κ1) is 29.5. The Hall–Kier alpha value is -4.58. The van der Waals surface area contributed by atoms with E-state index in [1.807, 2.05) is 67.6 Å². The Morgan fingerprint density at radius 3 is 1.70 bits per heavy atom. The molecule has 0 atom stereocenters. The maximum Gasteiger partial charge on any atom is 0.171 e. The second-order valence-corrected chi connectivity index (χ2v) is 11.1. The van der Waals surface area contributed by atoms with Gasteiger partial charge in [0, 0.05) is 5.56 Å². The number of benzene rings is 5. The van der Waals surface area contributed by atoms with E-state index in [2.05, 4.69) is 6.92 Å². The third-order valence-electron chi connectivity index (χ3n) is 7.99. The molecule has 2 nitrogen and oxygen atoms in total. The molecule has 0 spiro atoms. The van der Waals surface area contributed by atoms with Gasteiger partial charge in [0.05, 0.1) is 17.4 Å². The number of hydrogen-bond donors (Lipinski definition) is 0. The molecule has 0 aliphatic carbocycles. The maximum absolute atomic E-state index is 15.5. The molecule has 0 saturated heterocycles. The predicted octanol–water partition coefficient (Wildman–Crippen LogP) is 11.0. The fourth-order valence-corrected chi connectivity index (χ4v) is 5.64. The molecular formula is C38H32F4O2. The van der Waals surface area contributed by atoms with E-state index in [9.17, 15) is 0 Å². The van der Waals surface area contributed by atoms with Crippen LogP contribution >= 0.6 is 0 Å². The molecule has 6 rings (SSSR count). The van der Waals surface area contributed by atoms with E-state index in [1.165, 1.54) is 17.7 Å². The van der Waals surface area contributed by atoms with Crippen molar-refractivity contribution in [3.8, 4) is 28.0 Å². The average Bonchev–Trinajstić information content (AvgIpc) is 3.42. The highest BCUT2D eigenvalue weighted by atomic mass is 19.2. The Bertz CT molecular complexity index is 1920. The smallest absolute Gasteiger partial charge is 0.171 e. The summed E-state index contributed by atoms with van der Waals surface area (Å²) in [5.74, 6) is -3.96. The van der Waals surface area contributed by atoms with Crippen LogP contribution in [0, 0.1) is 23.3 Å². The van der Waals surface area contributed by atoms with Crippen LogP contribution in [0.15, 0.2) is 89.3 Å². The van der Waals surface area contributed by atoms with Gasteiger partial charge in [0.25, 0.3) is 0 Å². The lowest BCUT2D eigenvalue weighted by Gasteiger charge is -2.09. The molecule has 1 aromatic heterocycles. The third-order valence-corrected chi connectivity index (χ3v) is 7.99. The molecule has 6 aromatic rings. The molecule has 0 bridgehead atoms. The van der Waals surface area contributed by atoms with E-state index in [1.54, 1.807) is 12.1 Å². The largest absolute Gasteiger partial charge is 0.494 e. The van der Waals surface area contributed by atoms with E-state index in [0.29, 0.717) is 18.6 Å².